The van der Waals surface area contributed by atoms with E-state index in [0.717, 1.165) is 0 Å². The first-order valence-electron chi connectivity index (χ1n) is 7.79. The molecule has 1 aliphatic rings. The largest absolute Gasteiger partial charge is 0.503 e. The van der Waals surface area contributed by atoms with Crippen LogP contribution in [0.25, 0.3) is 0 Å². The Balaban J connectivity index is 2.19. The monoisotopic (exact) mass is 357 g/mol. The Morgan fingerprint density at radius 2 is 1.80 bits per heavy atom. The molecule has 1 atom stereocenters. The molecule has 6 heteroatoms. The van der Waals surface area contributed by atoms with Crippen LogP contribution >= 0.6 is 11.6 Å². The number of ether oxygens (including phenoxy) is 1. The Bertz CT molecular complexity index is 848. The van der Waals surface area contributed by atoms with Crippen molar-refractivity contribution in [1.82, 2.24) is 0 Å². The van der Waals surface area contributed by atoms with Gasteiger partial charge in [-0.15, -0.1) is 0 Å². The van der Waals surface area contributed by atoms with Crippen LogP contribution in [0.3, 0.4) is 0 Å². The van der Waals surface area contributed by atoms with E-state index in [9.17, 15) is 14.7 Å². The highest BCUT2D eigenvalue weighted by Gasteiger charge is 2.45. The zero-order valence-electron chi connectivity index (χ0n) is 13.5. The number of benzene rings is 2. The van der Waals surface area contributed by atoms with E-state index in [4.69, 9.17) is 16.3 Å². The minimum atomic E-state index is -0.859. The highest BCUT2D eigenvalue weighted by Crippen LogP contribution is 2.42. The van der Waals surface area contributed by atoms with Crippen LogP contribution < -0.4 is 4.90 Å². The van der Waals surface area contributed by atoms with E-state index in [1.165, 1.54) is 4.90 Å². The second-order valence-corrected chi connectivity index (χ2v) is 5.82. The molecule has 25 heavy (non-hydrogen) atoms. The van der Waals surface area contributed by atoms with Crippen LogP contribution in [-0.2, 0) is 14.3 Å². The minimum absolute atomic E-state index is 0.108. The number of aliphatic hydroxyl groups excluding tert-OH is 1. The summed E-state index contributed by atoms with van der Waals surface area (Å²) in [7, 11) is 0. The van der Waals surface area contributed by atoms with Crippen LogP contribution in [0.15, 0.2) is 65.9 Å². The number of anilines is 1. The fourth-order valence-electron chi connectivity index (χ4n) is 2.87. The van der Waals surface area contributed by atoms with Crippen LogP contribution in [-0.4, -0.2) is 23.6 Å². The smallest absolute Gasteiger partial charge is 0.340 e. The van der Waals surface area contributed by atoms with Gasteiger partial charge in [0, 0.05) is 10.7 Å². The quantitative estimate of drug-likeness (QED) is 0.845. The third-order valence-electron chi connectivity index (χ3n) is 3.94. The van der Waals surface area contributed by atoms with E-state index >= 15 is 0 Å². The van der Waals surface area contributed by atoms with Gasteiger partial charge in [0.05, 0.1) is 6.61 Å². The second-order valence-electron chi connectivity index (χ2n) is 5.42. The number of carbonyl (C=O) groups excluding carboxylic acids is 2. The standard InChI is InChI=1S/C19H16ClNO4/c1-2-25-19(24)15-16(13-10-6-7-11-14(13)20)21(18(23)17(15)22)12-8-4-3-5-9-12/h3-11,16,22H,2H2,1H3. The first kappa shape index (κ1) is 17.0. The summed E-state index contributed by atoms with van der Waals surface area (Å²) in [6.45, 7) is 1.79. The average Bonchev–Trinajstić information content (AvgIpc) is 2.88. The van der Waals surface area contributed by atoms with Gasteiger partial charge in [-0.3, -0.25) is 9.69 Å². The van der Waals surface area contributed by atoms with Crippen molar-refractivity contribution >= 4 is 29.2 Å². The van der Waals surface area contributed by atoms with E-state index in [2.05, 4.69) is 0 Å². The molecule has 1 N–H and O–H groups in total. The van der Waals surface area contributed by atoms with Gasteiger partial charge in [0.25, 0.3) is 5.91 Å². The van der Waals surface area contributed by atoms with Gasteiger partial charge in [-0.25, -0.2) is 4.79 Å². The van der Waals surface area contributed by atoms with Crippen LogP contribution in [0.1, 0.15) is 18.5 Å². The second kappa shape index (κ2) is 6.99. The molecule has 2 aromatic carbocycles. The SMILES string of the molecule is CCOC(=O)C1=C(O)C(=O)N(c2ccccc2)C1c1ccccc1Cl. The van der Waals surface area contributed by atoms with Crippen molar-refractivity contribution < 1.29 is 19.4 Å². The lowest BCUT2D eigenvalue weighted by molar-refractivity contribution is -0.139. The van der Waals surface area contributed by atoms with Crippen molar-refractivity contribution in [1.29, 1.82) is 0 Å². The lowest BCUT2D eigenvalue weighted by atomic mass is 9.99. The molecule has 0 radical (unpaired) electrons. The maximum absolute atomic E-state index is 12.7. The molecule has 3 rings (SSSR count). The first-order chi connectivity index (χ1) is 12.1. The fourth-order valence-corrected chi connectivity index (χ4v) is 3.11. The molecular weight excluding hydrogens is 342 g/mol. The Labute approximate surface area is 150 Å². The van der Waals surface area contributed by atoms with E-state index < -0.39 is 23.7 Å². The number of para-hydroxylation sites is 1. The maximum Gasteiger partial charge on any atom is 0.340 e. The summed E-state index contributed by atoms with van der Waals surface area (Å²) in [6.07, 6.45) is 0. The van der Waals surface area contributed by atoms with Crippen molar-refractivity contribution in [3.8, 4) is 0 Å². The van der Waals surface area contributed by atoms with Crippen molar-refractivity contribution in [3.05, 3.63) is 76.5 Å². The number of amides is 1. The van der Waals surface area contributed by atoms with Crippen molar-refractivity contribution in [2.75, 3.05) is 11.5 Å². The molecule has 128 valence electrons. The Morgan fingerprint density at radius 1 is 1.16 bits per heavy atom. The molecule has 1 amide bonds. The van der Waals surface area contributed by atoms with Crippen LogP contribution in [0.2, 0.25) is 5.02 Å². The summed E-state index contributed by atoms with van der Waals surface area (Å²) >= 11 is 6.31. The normalized spacial score (nSPS) is 17.1. The lowest BCUT2D eigenvalue weighted by Gasteiger charge is -2.27. The number of rotatable bonds is 4. The number of nitrogens with zero attached hydrogens (tertiary/aromatic N) is 1. The van der Waals surface area contributed by atoms with Crippen molar-refractivity contribution in [2.24, 2.45) is 0 Å². The van der Waals surface area contributed by atoms with Gasteiger partial charge in [-0.05, 0) is 30.7 Å². The molecule has 0 saturated carbocycles. The molecule has 0 saturated heterocycles. The maximum atomic E-state index is 12.7. The predicted octanol–water partition coefficient (Wildman–Crippen LogP) is 3.80. The molecule has 0 aromatic heterocycles. The Hall–Kier alpha value is -2.79. The zero-order chi connectivity index (χ0) is 18.0. The van der Waals surface area contributed by atoms with E-state index in [0.29, 0.717) is 16.3 Å². The predicted molar refractivity (Wildman–Crippen MR) is 94.4 cm³/mol. The van der Waals surface area contributed by atoms with Gasteiger partial charge in [0.1, 0.15) is 11.6 Å². The number of hydrogen-bond acceptors (Lipinski definition) is 4. The molecule has 5 nitrogen and oxygen atoms in total. The molecule has 1 unspecified atom stereocenters. The molecule has 1 aliphatic heterocycles. The number of hydrogen-bond donors (Lipinski definition) is 1. The van der Waals surface area contributed by atoms with Crippen molar-refractivity contribution in [2.45, 2.75) is 13.0 Å². The topological polar surface area (TPSA) is 66.8 Å². The van der Waals surface area contributed by atoms with E-state index in [1.54, 1.807) is 55.5 Å². The Kier molecular flexibility index (Phi) is 4.76. The number of carbonyl (C=O) groups is 2. The van der Waals surface area contributed by atoms with Gasteiger partial charge >= 0.3 is 5.97 Å². The highest BCUT2D eigenvalue weighted by atomic mass is 35.5. The lowest BCUT2D eigenvalue weighted by Crippen LogP contribution is -2.31. The summed E-state index contributed by atoms with van der Waals surface area (Å²) in [5, 5.41) is 10.7. The average molecular weight is 358 g/mol. The fraction of sp³-hybridized carbons (Fsp3) is 0.158. The molecule has 0 bridgehead atoms. The third kappa shape index (κ3) is 2.98. The number of esters is 1. The summed E-state index contributed by atoms with van der Waals surface area (Å²) < 4.78 is 5.04. The number of aliphatic hydroxyl groups is 1. The molecule has 1 heterocycles. The van der Waals surface area contributed by atoms with Gasteiger partial charge in [-0.1, -0.05) is 48.0 Å². The van der Waals surface area contributed by atoms with Gasteiger partial charge in [-0.2, -0.15) is 0 Å². The Morgan fingerprint density at radius 3 is 2.44 bits per heavy atom. The third-order valence-corrected chi connectivity index (χ3v) is 4.28. The summed E-state index contributed by atoms with van der Waals surface area (Å²) in [5.74, 6) is -2.02. The molecule has 0 fully saturated rings. The summed E-state index contributed by atoms with van der Waals surface area (Å²) in [4.78, 5) is 26.4. The number of halogens is 1. The molecular formula is C19H16ClNO4. The summed E-state index contributed by atoms with van der Waals surface area (Å²) in [6, 6.07) is 14.8. The van der Waals surface area contributed by atoms with Crippen molar-refractivity contribution in [3.63, 3.8) is 0 Å². The summed E-state index contributed by atoms with van der Waals surface area (Å²) in [5.41, 5.74) is 0.973. The minimum Gasteiger partial charge on any atom is -0.503 e. The van der Waals surface area contributed by atoms with E-state index in [1.807, 2.05) is 6.07 Å². The van der Waals surface area contributed by atoms with Gasteiger partial charge in [0.2, 0.25) is 0 Å². The molecule has 0 spiro atoms. The van der Waals surface area contributed by atoms with Crippen LogP contribution in [0.5, 0.6) is 0 Å². The van der Waals surface area contributed by atoms with Gasteiger partial charge in [0.15, 0.2) is 5.76 Å². The molecule has 2 aromatic rings. The van der Waals surface area contributed by atoms with E-state index in [-0.39, 0.29) is 12.2 Å². The molecule has 0 aliphatic carbocycles. The zero-order valence-corrected chi connectivity index (χ0v) is 14.2. The van der Waals surface area contributed by atoms with Crippen LogP contribution in [0, 0.1) is 0 Å². The first-order valence-corrected chi connectivity index (χ1v) is 8.17. The van der Waals surface area contributed by atoms with Gasteiger partial charge < -0.3 is 9.84 Å². The highest BCUT2D eigenvalue weighted by molar-refractivity contribution is 6.31. The van der Waals surface area contributed by atoms with Crippen LogP contribution in [0.4, 0.5) is 5.69 Å².